The molecule has 1 saturated carbocycles. The van der Waals surface area contributed by atoms with E-state index in [1.807, 2.05) is 0 Å². The van der Waals surface area contributed by atoms with Gasteiger partial charge in [-0.15, -0.1) is 0 Å². The molecule has 1 aromatic rings. The van der Waals surface area contributed by atoms with Crippen LogP contribution in [0.2, 0.25) is 0 Å². The van der Waals surface area contributed by atoms with Gasteiger partial charge in [-0.1, -0.05) is 24.3 Å². The highest BCUT2D eigenvalue weighted by molar-refractivity contribution is 5.84. The largest absolute Gasteiger partial charge is 0.273 e. The van der Waals surface area contributed by atoms with Crippen molar-refractivity contribution >= 4 is 12.1 Å². The number of carbonyl (C=O) groups excluding carboxylic acids is 1. The van der Waals surface area contributed by atoms with E-state index in [2.05, 4.69) is 17.1 Å². The van der Waals surface area contributed by atoms with Gasteiger partial charge in [0.15, 0.2) is 0 Å². The molecule has 0 aromatic heterocycles. The van der Waals surface area contributed by atoms with Crippen LogP contribution < -0.4 is 5.43 Å². The van der Waals surface area contributed by atoms with E-state index in [0.717, 1.165) is 24.0 Å². The van der Waals surface area contributed by atoms with E-state index < -0.39 is 0 Å². The van der Waals surface area contributed by atoms with Gasteiger partial charge in [0.1, 0.15) is 5.82 Å². The summed E-state index contributed by atoms with van der Waals surface area (Å²) >= 11 is 0. The topological polar surface area (TPSA) is 41.5 Å². The van der Waals surface area contributed by atoms with E-state index in [4.69, 9.17) is 0 Å². The van der Waals surface area contributed by atoms with Gasteiger partial charge in [-0.25, -0.2) is 9.82 Å². The lowest BCUT2D eigenvalue weighted by molar-refractivity contribution is -0.126. The molecule has 3 nitrogen and oxygen atoms in total. The molecule has 0 spiro atoms. The van der Waals surface area contributed by atoms with Crippen LogP contribution in [-0.4, -0.2) is 12.1 Å². The van der Waals surface area contributed by atoms with Crippen LogP contribution in [-0.2, 0) is 4.79 Å². The Labute approximate surface area is 99.0 Å². The number of nitrogens with one attached hydrogen (secondary N) is 1. The Morgan fingerprint density at radius 1 is 1.41 bits per heavy atom. The number of rotatable bonds is 3. The van der Waals surface area contributed by atoms with E-state index in [9.17, 15) is 9.18 Å². The van der Waals surface area contributed by atoms with Gasteiger partial charge in [0, 0.05) is 5.92 Å². The number of nitrogens with zero attached hydrogens (tertiary/aromatic N) is 1. The highest BCUT2D eigenvalue weighted by atomic mass is 19.1. The van der Waals surface area contributed by atoms with Crippen molar-refractivity contribution in [1.82, 2.24) is 5.43 Å². The van der Waals surface area contributed by atoms with Crippen molar-refractivity contribution in [3.05, 3.63) is 47.8 Å². The van der Waals surface area contributed by atoms with Gasteiger partial charge in [0.25, 0.3) is 0 Å². The molecule has 0 atom stereocenters. The molecular formula is C13H13FN2O. The van der Waals surface area contributed by atoms with Crippen molar-refractivity contribution in [2.24, 2.45) is 11.0 Å². The Balaban J connectivity index is 1.83. The van der Waals surface area contributed by atoms with Crippen molar-refractivity contribution < 1.29 is 9.18 Å². The van der Waals surface area contributed by atoms with Crippen LogP contribution in [0.3, 0.4) is 0 Å². The van der Waals surface area contributed by atoms with Crippen molar-refractivity contribution in [2.45, 2.75) is 12.8 Å². The fraction of sp³-hybridized carbons (Fsp3) is 0.231. The number of hydrogen-bond donors (Lipinski definition) is 1. The minimum atomic E-state index is -0.292. The fourth-order valence-corrected chi connectivity index (χ4v) is 1.63. The summed E-state index contributed by atoms with van der Waals surface area (Å²) in [4.78, 5) is 11.5. The maximum absolute atomic E-state index is 12.6. The Bertz CT molecular complexity index is 457. The molecule has 17 heavy (non-hydrogen) atoms. The molecule has 88 valence electrons. The first-order chi connectivity index (χ1) is 8.15. The van der Waals surface area contributed by atoms with Crippen LogP contribution in [0, 0.1) is 11.7 Å². The Hall–Kier alpha value is -1.97. The summed E-state index contributed by atoms with van der Waals surface area (Å²) in [6.45, 7) is 3.78. The zero-order chi connectivity index (χ0) is 12.3. The minimum Gasteiger partial charge on any atom is -0.273 e. The molecule has 4 heteroatoms. The lowest BCUT2D eigenvalue weighted by Crippen LogP contribution is -2.32. The molecule has 1 aliphatic carbocycles. The summed E-state index contributed by atoms with van der Waals surface area (Å²) in [5, 5.41) is 3.82. The standard InChI is InChI=1S/C13H13FN2O/c1-9-6-11(7-9)13(17)16-15-8-10-2-4-12(14)5-3-10/h2-5,8,11H,1,6-7H2,(H,16,17)/b15-8+. The number of halogens is 1. The number of hydrogen-bond acceptors (Lipinski definition) is 2. The highest BCUT2D eigenvalue weighted by Crippen LogP contribution is 2.31. The first-order valence-electron chi connectivity index (χ1n) is 5.40. The average molecular weight is 232 g/mol. The number of amides is 1. The second kappa shape index (κ2) is 4.91. The Morgan fingerprint density at radius 3 is 2.65 bits per heavy atom. The SMILES string of the molecule is C=C1CC(C(=O)N/N=C/c2ccc(F)cc2)C1. The normalized spacial score (nSPS) is 15.9. The van der Waals surface area contributed by atoms with Gasteiger partial charge in [0.2, 0.25) is 5.91 Å². The molecule has 0 unspecified atom stereocenters. The van der Waals surface area contributed by atoms with Crippen molar-refractivity contribution in [3.8, 4) is 0 Å². The van der Waals surface area contributed by atoms with Crippen LogP contribution in [0.15, 0.2) is 41.5 Å². The average Bonchev–Trinajstić information content (AvgIpc) is 2.27. The number of benzene rings is 1. The van der Waals surface area contributed by atoms with E-state index in [1.165, 1.54) is 18.3 Å². The van der Waals surface area contributed by atoms with Crippen LogP contribution in [0.1, 0.15) is 18.4 Å². The summed E-state index contributed by atoms with van der Waals surface area (Å²) in [6.07, 6.45) is 2.99. The minimum absolute atomic E-state index is 0.00729. The van der Waals surface area contributed by atoms with Gasteiger partial charge in [-0.3, -0.25) is 4.79 Å². The van der Waals surface area contributed by atoms with Crippen LogP contribution in [0.4, 0.5) is 4.39 Å². The Kier molecular flexibility index (Phi) is 3.32. The molecule has 1 aromatic carbocycles. The molecule has 0 heterocycles. The van der Waals surface area contributed by atoms with E-state index in [0.29, 0.717) is 0 Å². The molecular weight excluding hydrogens is 219 g/mol. The van der Waals surface area contributed by atoms with Gasteiger partial charge in [-0.05, 0) is 30.5 Å². The van der Waals surface area contributed by atoms with Gasteiger partial charge in [0.05, 0.1) is 6.21 Å². The zero-order valence-corrected chi connectivity index (χ0v) is 9.32. The molecule has 0 aliphatic heterocycles. The van der Waals surface area contributed by atoms with Crippen LogP contribution in [0.25, 0.3) is 0 Å². The fourth-order valence-electron chi connectivity index (χ4n) is 1.63. The number of carbonyl (C=O) groups is 1. The van der Waals surface area contributed by atoms with E-state index in [1.54, 1.807) is 12.1 Å². The predicted octanol–water partition coefficient (Wildman–Crippen LogP) is 2.24. The van der Waals surface area contributed by atoms with E-state index in [-0.39, 0.29) is 17.6 Å². The summed E-state index contributed by atoms with van der Waals surface area (Å²) in [5.74, 6) is -0.372. The first kappa shape index (κ1) is 11.5. The van der Waals surface area contributed by atoms with Crippen molar-refractivity contribution in [1.29, 1.82) is 0 Å². The molecule has 0 bridgehead atoms. The quantitative estimate of drug-likeness (QED) is 0.484. The summed E-state index contributed by atoms with van der Waals surface area (Å²) in [7, 11) is 0. The highest BCUT2D eigenvalue weighted by Gasteiger charge is 2.27. The summed E-state index contributed by atoms with van der Waals surface area (Å²) in [5.41, 5.74) is 4.31. The molecule has 1 N–H and O–H groups in total. The third kappa shape index (κ3) is 3.00. The molecule has 2 rings (SSSR count). The van der Waals surface area contributed by atoms with E-state index >= 15 is 0 Å². The molecule has 1 amide bonds. The van der Waals surface area contributed by atoms with Gasteiger partial charge in [-0.2, -0.15) is 5.10 Å². The maximum Gasteiger partial charge on any atom is 0.243 e. The number of allylic oxidation sites excluding steroid dienone is 1. The van der Waals surface area contributed by atoms with Crippen molar-refractivity contribution in [3.63, 3.8) is 0 Å². The molecule has 1 fully saturated rings. The van der Waals surface area contributed by atoms with Crippen molar-refractivity contribution in [2.75, 3.05) is 0 Å². The molecule has 1 aliphatic rings. The van der Waals surface area contributed by atoms with Crippen LogP contribution in [0.5, 0.6) is 0 Å². The zero-order valence-electron chi connectivity index (χ0n) is 9.32. The first-order valence-corrected chi connectivity index (χ1v) is 5.40. The Morgan fingerprint density at radius 2 is 2.06 bits per heavy atom. The smallest absolute Gasteiger partial charge is 0.243 e. The van der Waals surface area contributed by atoms with Gasteiger partial charge >= 0.3 is 0 Å². The number of hydrazone groups is 1. The third-order valence-corrected chi connectivity index (χ3v) is 2.70. The maximum atomic E-state index is 12.6. The predicted molar refractivity (Wildman–Crippen MR) is 64.0 cm³/mol. The third-order valence-electron chi connectivity index (χ3n) is 2.70. The lowest BCUT2D eigenvalue weighted by atomic mass is 9.81. The second-order valence-electron chi connectivity index (χ2n) is 4.14. The second-order valence-corrected chi connectivity index (χ2v) is 4.14. The molecule has 0 radical (unpaired) electrons. The molecule has 0 saturated heterocycles. The van der Waals surface area contributed by atoms with Crippen LogP contribution >= 0.6 is 0 Å². The van der Waals surface area contributed by atoms with Gasteiger partial charge < -0.3 is 0 Å². The monoisotopic (exact) mass is 232 g/mol. The summed E-state index contributed by atoms with van der Waals surface area (Å²) < 4.78 is 12.6. The lowest BCUT2D eigenvalue weighted by Gasteiger charge is -2.25. The summed E-state index contributed by atoms with van der Waals surface area (Å²) in [6, 6.07) is 5.88.